The molecule has 0 aromatic carbocycles. The van der Waals surface area contributed by atoms with Gasteiger partial charge in [0.15, 0.2) is 0 Å². The maximum Gasteiger partial charge on any atom is 0.0382 e. The summed E-state index contributed by atoms with van der Waals surface area (Å²) in [5.41, 5.74) is 0. The highest BCUT2D eigenvalue weighted by atomic mass is 79.9. The van der Waals surface area contributed by atoms with Crippen molar-refractivity contribution in [1.82, 2.24) is 0 Å². The molecule has 0 saturated heterocycles. The lowest BCUT2D eigenvalue weighted by Gasteiger charge is -2.26. The average molecular weight is 270 g/mol. The molecule has 0 aliphatic heterocycles. The largest absolute Gasteiger partial charge is 0.0876 e. The summed E-state index contributed by atoms with van der Waals surface area (Å²) in [6.45, 7) is 2.24. The van der Waals surface area contributed by atoms with Gasteiger partial charge in [-0.3, -0.25) is 0 Å². The van der Waals surface area contributed by atoms with Crippen LogP contribution in [0.5, 0.6) is 0 Å². The van der Waals surface area contributed by atoms with E-state index in [2.05, 4.69) is 38.8 Å². The van der Waals surface area contributed by atoms with Crippen molar-refractivity contribution in [2.24, 2.45) is 0 Å². The van der Waals surface area contributed by atoms with Crippen LogP contribution in [0.2, 0.25) is 0 Å². The van der Waals surface area contributed by atoms with Gasteiger partial charge in [-0.2, -0.15) is 0 Å². The first kappa shape index (κ1) is 9.05. The summed E-state index contributed by atoms with van der Waals surface area (Å²) in [5.74, 6) is 0. The normalized spacial score (nSPS) is 26.7. The third-order valence-corrected chi connectivity index (χ3v) is 5.84. The summed E-state index contributed by atoms with van der Waals surface area (Å²) in [6, 6.07) is 0. The van der Waals surface area contributed by atoms with Gasteiger partial charge in [0.1, 0.15) is 0 Å². The molecule has 0 amide bonds. The van der Waals surface area contributed by atoms with Gasteiger partial charge in [-0.25, -0.2) is 0 Å². The van der Waals surface area contributed by atoms with E-state index in [0.29, 0.717) is 9.15 Å². The van der Waals surface area contributed by atoms with E-state index in [4.69, 9.17) is 0 Å². The van der Waals surface area contributed by atoms with Crippen molar-refractivity contribution in [2.45, 2.75) is 48.2 Å². The lowest BCUT2D eigenvalue weighted by atomic mass is 10.0. The van der Waals surface area contributed by atoms with Crippen LogP contribution in [0.15, 0.2) is 0 Å². The molecule has 10 heavy (non-hydrogen) atoms. The smallest absolute Gasteiger partial charge is 0.0382 e. The summed E-state index contributed by atoms with van der Waals surface area (Å²) in [4.78, 5) is 0.669. The first-order valence-corrected chi connectivity index (χ1v) is 5.73. The standard InChI is InChI=1S/C8H14Br2/c1-2-7(9)8(10)5-3-4-6-8/h7H,2-6H2,1H3. The Bertz CT molecular complexity index is 106. The molecule has 1 aliphatic rings. The second kappa shape index (κ2) is 3.57. The molecule has 1 atom stereocenters. The van der Waals surface area contributed by atoms with Gasteiger partial charge in [-0.15, -0.1) is 0 Å². The van der Waals surface area contributed by atoms with Gasteiger partial charge in [-0.05, 0) is 19.3 Å². The number of hydrogen-bond donors (Lipinski definition) is 0. The minimum absolute atomic E-state index is 0.432. The molecule has 1 saturated carbocycles. The second-order valence-electron chi connectivity index (χ2n) is 3.12. The van der Waals surface area contributed by atoms with Gasteiger partial charge >= 0.3 is 0 Å². The van der Waals surface area contributed by atoms with Crippen LogP contribution in [0.25, 0.3) is 0 Å². The molecule has 0 N–H and O–H groups in total. The zero-order valence-corrected chi connectivity index (χ0v) is 9.54. The van der Waals surface area contributed by atoms with E-state index < -0.39 is 0 Å². The van der Waals surface area contributed by atoms with Crippen LogP contribution in [0.1, 0.15) is 39.0 Å². The Balaban J connectivity index is 2.49. The quantitative estimate of drug-likeness (QED) is 0.668. The number of halogens is 2. The Kier molecular flexibility index (Phi) is 3.23. The molecule has 2 heteroatoms. The minimum Gasteiger partial charge on any atom is -0.0876 e. The lowest BCUT2D eigenvalue weighted by molar-refractivity contribution is 0.584. The van der Waals surface area contributed by atoms with Crippen molar-refractivity contribution in [3.63, 3.8) is 0 Å². The number of rotatable bonds is 2. The summed E-state index contributed by atoms with van der Waals surface area (Å²) in [6.07, 6.45) is 6.71. The molecular weight excluding hydrogens is 256 g/mol. The van der Waals surface area contributed by atoms with Gasteiger partial charge in [0.2, 0.25) is 0 Å². The molecule has 1 aliphatic carbocycles. The SMILES string of the molecule is CCC(Br)C1(Br)CCCC1. The van der Waals surface area contributed by atoms with E-state index in [1.165, 1.54) is 32.1 Å². The molecule has 0 radical (unpaired) electrons. The van der Waals surface area contributed by atoms with Crippen molar-refractivity contribution in [3.05, 3.63) is 0 Å². The van der Waals surface area contributed by atoms with Crippen molar-refractivity contribution in [2.75, 3.05) is 0 Å². The van der Waals surface area contributed by atoms with Crippen molar-refractivity contribution in [1.29, 1.82) is 0 Å². The molecule has 0 spiro atoms. The molecule has 0 bridgehead atoms. The maximum atomic E-state index is 3.82. The molecule has 1 rings (SSSR count). The Hall–Kier alpha value is 0.960. The maximum absolute atomic E-state index is 3.82. The van der Waals surface area contributed by atoms with Crippen LogP contribution in [-0.2, 0) is 0 Å². The van der Waals surface area contributed by atoms with Gasteiger partial charge in [-0.1, -0.05) is 51.6 Å². The van der Waals surface area contributed by atoms with E-state index in [-0.39, 0.29) is 0 Å². The molecule has 1 fully saturated rings. The Morgan fingerprint density at radius 3 is 2.30 bits per heavy atom. The molecular formula is C8H14Br2. The fourth-order valence-electron chi connectivity index (χ4n) is 1.64. The van der Waals surface area contributed by atoms with Crippen molar-refractivity contribution < 1.29 is 0 Å². The molecule has 0 nitrogen and oxygen atoms in total. The summed E-state index contributed by atoms with van der Waals surface area (Å²) in [7, 11) is 0. The molecule has 1 unspecified atom stereocenters. The molecule has 0 heterocycles. The van der Waals surface area contributed by atoms with E-state index in [1.54, 1.807) is 0 Å². The van der Waals surface area contributed by atoms with Crippen molar-refractivity contribution in [3.8, 4) is 0 Å². The van der Waals surface area contributed by atoms with Gasteiger partial charge in [0.25, 0.3) is 0 Å². The summed E-state index contributed by atoms with van der Waals surface area (Å²) >= 11 is 7.54. The first-order valence-electron chi connectivity index (χ1n) is 4.02. The lowest BCUT2D eigenvalue weighted by Crippen LogP contribution is -2.27. The van der Waals surface area contributed by atoms with E-state index >= 15 is 0 Å². The first-order chi connectivity index (χ1) is 4.69. The number of alkyl halides is 2. The number of hydrogen-bond acceptors (Lipinski definition) is 0. The summed E-state index contributed by atoms with van der Waals surface area (Å²) < 4.78 is 0.432. The predicted octanol–water partition coefficient (Wildman–Crippen LogP) is 3.87. The minimum atomic E-state index is 0.432. The predicted molar refractivity (Wildman–Crippen MR) is 53.1 cm³/mol. The molecule has 60 valence electrons. The van der Waals surface area contributed by atoms with Gasteiger partial charge in [0, 0.05) is 9.15 Å². The highest BCUT2D eigenvalue weighted by Gasteiger charge is 2.36. The van der Waals surface area contributed by atoms with E-state index in [9.17, 15) is 0 Å². The Labute approximate surface area is 80.0 Å². The Morgan fingerprint density at radius 1 is 1.40 bits per heavy atom. The summed E-state index contributed by atoms with van der Waals surface area (Å²) in [5, 5.41) is 0. The monoisotopic (exact) mass is 268 g/mol. The second-order valence-corrected chi connectivity index (χ2v) is 5.80. The van der Waals surface area contributed by atoms with Crippen LogP contribution in [-0.4, -0.2) is 9.15 Å². The Morgan fingerprint density at radius 2 is 1.90 bits per heavy atom. The zero-order valence-electron chi connectivity index (χ0n) is 6.37. The fourth-order valence-corrected chi connectivity index (χ4v) is 2.98. The molecule has 0 aromatic rings. The van der Waals surface area contributed by atoms with Crippen LogP contribution in [0.3, 0.4) is 0 Å². The fraction of sp³-hybridized carbons (Fsp3) is 1.00. The van der Waals surface area contributed by atoms with Crippen molar-refractivity contribution >= 4 is 31.9 Å². The topological polar surface area (TPSA) is 0 Å². The molecule has 0 aromatic heterocycles. The third-order valence-electron chi connectivity index (χ3n) is 2.35. The van der Waals surface area contributed by atoms with Gasteiger partial charge in [0.05, 0.1) is 0 Å². The average Bonchev–Trinajstić information content (AvgIpc) is 2.36. The van der Waals surface area contributed by atoms with Crippen LogP contribution in [0.4, 0.5) is 0 Å². The van der Waals surface area contributed by atoms with E-state index in [1.807, 2.05) is 0 Å². The third kappa shape index (κ3) is 1.76. The van der Waals surface area contributed by atoms with Crippen LogP contribution >= 0.6 is 31.9 Å². The van der Waals surface area contributed by atoms with Crippen LogP contribution in [0, 0.1) is 0 Å². The van der Waals surface area contributed by atoms with Crippen LogP contribution < -0.4 is 0 Å². The van der Waals surface area contributed by atoms with E-state index in [0.717, 1.165) is 0 Å². The highest BCUT2D eigenvalue weighted by molar-refractivity contribution is 9.12. The van der Waals surface area contributed by atoms with Gasteiger partial charge < -0.3 is 0 Å². The zero-order chi connectivity index (χ0) is 7.61. The highest BCUT2D eigenvalue weighted by Crippen LogP contribution is 2.44.